The number of fused-ring (bicyclic) bond motifs is 1. The first kappa shape index (κ1) is 9.50. The van der Waals surface area contributed by atoms with Crippen molar-refractivity contribution in [2.45, 2.75) is 19.6 Å². The van der Waals surface area contributed by atoms with E-state index in [1.807, 2.05) is 16.9 Å². The quantitative estimate of drug-likeness (QED) is 0.493. The number of hydrogen-bond acceptors (Lipinski definition) is 2. The molecule has 0 atom stereocenters. The normalized spacial score (nSPS) is 11.4. The minimum Gasteiger partial charge on any atom is -0.282 e. The van der Waals surface area contributed by atoms with Crippen LogP contribution in [-0.2, 0) is 0 Å². The average Bonchev–Trinajstić information content (AvgIpc) is 2.59. The number of nitrogens with zero attached hydrogens (tertiary/aromatic N) is 2. The number of aromatic nitrogens is 2. The van der Waals surface area contributed by atoms with Crippen molar-refractivity contribution in [1.29, 1.82) is 0 Å². The first-order valence-electron chi connectivity index (χ1n) is 4.49. The highest BCUT2D eigenvalue weighted by molar-refractivity contribution is 7.15. The average molecular weight is 220 g/mol. The molecule has 2 heterocycles. The van der Waals surface area contributed by atoms with Crippen LogP contribution in [0.5, 0.6) is 0 Å². The van der Waals surface area contributed by atoms with Crippen molar-refractivity contribution in [2.75, 3.05) is 0 Å². The summed E-state index contributed by atoms with van der Waals surface area (Å²) in [5.41, 5.74) is 4.41. The lowest BCUT2D eigenvalue weighted by molar-refractivity contribution is 1.15. The number of rotatable bonds is 0. The van der Waals surface area contributed by atoms with Crippen molar-refractivity contribution in [1.82, 2.24) is 9.38 Å². The van der Waals surface area contributed by atoms with E-state index in [2.05, 4.69) is 41.5 Å². The Morgan fingerprint density at radius 2 is 2.21 bits per heavy atom. The molecule has 2 aromatic heterocycles. The lowest BCUT2D eigenvalue weighted by Crippen LogP contribution is -2.16. The molecule has 0 aliphatic heterocycles. The maximum atomic E-state index is 4.08. The summed E-state index contributed by atoms with van der Waals surface area (Å²) >= 11 is 1.68. The van der Waals surface area contributed by atoms with Gasteiger partial charge in [-0.15, -0.1) is 16.9 Å². The van der Waals surface area contributed by atoms with Crippen LogP contribution < -0.4 is 0 Å². The third-order valence-corrected chi connectivity index (χ3v) is 3.48. The van der Waals surface area contributed by atoms with E-state index in [4.69, 9.17) is 0 Å². The number of imidazole rings is 1. The van der Waals surface area contributed by atoms with Gasteiger partial charge in [-0.2, -0.15) is 0 Å². The SMILES string of the molecule is C[Si](C)(C)C#Cc1csc2cncn12. The van der Waals surface area contributed by atoms with Crippen molar-refractivity contribution in [3.63, 3.8) is 0 Å². The molecule has 0 amide bonds. The van der Waals surface area contributed by atoms with E-state index in [1.54, 1.807) is 11.3 Å². The Morgan fingerprint density at radius 1 is 1.43 bits per heavy atom. The fourth-order valence-electron chi connectivity index (χ4n) is 1.07. The van der Waals surface area contributed by atoms with Crippen molar-refractivity contribution < 1.29 is 0 Å². The summed E-state index contributed by atoms with van der Waals surface area (Å²) in [5, 5.41) is 2.09. The molecule has 0 N–H and O–H groups in total. The van der Waals surface area contributed by atoms with Crippen LogP contribution in [0.25, 0.3) is 4.83 Å². The molecule has 2 aromatic rings. The molecule has 0 aromatic carbocycles. The van der Waals surface area contributed by atoms with Gasteiger partial charge in [0.2, 0.25) is 0 Å². The topological polar surface area (TPSA) is 17.3 Å². The molecule has 4 heteroatoms. The molecule has 0 radical (unpaired) electrons. The van der Waals surface area contributed by atoms with E-state index in [0.29, 0.717) is 0 Å². The Kier molecular flexibility index (Phi) is 2.21. The van der Waals surface area contributed by atoms with Crippen LogP contribution >= 0.6 is 11.3 Å². The lowest BCUT2D eigenvalue weighted by Gasteiger charge is -2.02. The highest BCUT2D eigenvalue weighted by atomic mass is 32.1. The predicted molar refractivity (Wildman–Crippen MR) is 63.3 cm³/mol. The second-order valence-corrected chi connectivity index (χ2v) is 9.86. The van der Waals surface area contributed by atoms with Crippen LogP contribution in [0.4, 0.5) is 0 Å². The van der Waals surface area contributed by atoms with Crippen LogP contribution in [0.15, 0.2) is 17.9 Å². The Morgan fingerprint density at radius 3 is 2.93 bits per heavy atom. The van der Waals surface area contributed by atoms with Gasteiger partial charge in [0.25, 0.3) is 0 Å². The summed E-state index contributed by atoms with van der Waals surface area (Å²) in [5.74, 6) is 3.24. The molecule has 2 rings (SSSR count). The highest BCUT2D eigenvalue weighted by Gasteiger charge is 2.08. The van der Waals surface area contributed by atoms with Crippen molar-refractivity contribution >= 4 is 24.2 Å². The van der Waals surface area contributed by atoms with Gasteiger partial charge in [-0.1, -0.05) is 25.6 Å². The standard InChI is InChI=1S/C10H12N2SSi/c1-14(2,3)5-4-9-7-13-10-6-11-8-12(9)10/h6-8H,1-3H3. The van der Waals surface area contributed by atoms with Crippen molar-refractivity contribution in [3.8, 4) is 11.5 Å². The first-order chi connectivity index (χ1) is 6.56. The summed E-state index contributed by atoms with van der Waals surface area (Å²) in [6.07, 6.45) is 3.68. The Labute approximate surface area is 88.6 Å². The molecular formula is C10H12N2SSi. The second-order valence-electron chi connectivity index (χ2n) is 4.22. The summed E-state index contributed by atoms with van der Waals surface area (Å²) in [4.78, 5) is 5.24. The Bertz CT molecular complexity index is 507. The zero-order valence-corrected chi connectivity index (χ0v) is 10.4. The minimum absolute atomic E-state index is 1.06. The van der Waals surface area contributed by atoms with Gasteiger partial charge in [-0.25, -0.2) is 4.98 Å². The molecule has 0 saturated heterocycles. The van der Waals surface area contributed by atoms with Crippen LogP contribution in [0.1, 0.15) is 5.69 Å². The van der Waals surface area contributed by atoms with E-state index in [9.17, 15) is 0 Å². The maximum absolute atomic E-state index is 4.08. The molecule has 0 saturated carbocycles. The van der Waals surface area contributed by atoms with Gasteiger partial charge < -0.3 is 0 Å². The monoisotopic (exact) mass is 220 g/mol. The molecule has 72 valence electrons. The third kappa shape index (κ3) is 1.89. The highest BCUT2D eigenvalue weighted by Crippen LogP contribution is 2.14. The van der Waals surface area contributed by atoms with E-state index >= 15 is 0 Å². The van der Waals surface area contributed by atoms with E-state index in [1.165, 1.54) is 0 Å². The van der Waals surface area contributed by atoms with E-state index in [0.717, 1.165) is 10.5 Å². The van der Waals surface area contributed by atoms with Crippen LogP contribution in [0.2, 0.25) is 19.6 Å². The zero-order valence-electron chi connectivity index (χ0n) is 8.53. The third-order valence-electron chi connectivity index (χ3n) is 1.72. The first-order valence-corrected chi connectivity index (χ1v) is 8.87. The maximum Gasteiger partial charge on any atom is 0.129 e. The van der Waals surface area contributed by atoms with E-state index in [-0.39, 0.29) is 0 Å². The van der Waals surface area contributed by atoms with Gasteiger partial charge in [0, 0.05) is 5.38 Å². The Hall–Kier alpha value is -1.05. The van der Waals surface area contributed by atoms with E-state index < -0.39 is 8.07 Å². The molecular weight excluding hydrogens is 208 g/mol. The van der Waals surface area contributed by atoms with Gasteiger partial charge in [-0.3, -0.25) is 4.40 Å². The van der Waals surface area contributed by atoms with Crippen molar-refractivity contribution in [2.24, 2.45) is 0 Å². The molecule has 0 spiro atoms. The van der Waals surface area contributed by atoms with Gasteiger partial charge in [0.05, 0.1) is 6.20 Å². The van der Waals surface area contributed by atoms with Crippen LogP contribution in [-0.4, -0.2) is 17.5 Å². The molecule has 14 heavy (non-hydrogen) atoms. The summed E-state index contributed by atoms with van der Waals surface area (Å²) in [6, 6.07) is 0. The summed E-state index contributed by atoms with van der Waals surface area (Å²) in [6.45, 7) is 6.74. The Balaban J connectivity index is 2.44. The van der Waals surface area contributed by atoms with Gasteiger partial charge in [0.1, 0.15) is 24.9 Å². The number of hydrogen-bond donors (Lipinski definition) is 0. The van der Waals surface area contributed by atoms with Gasteiger partial charge in [-0.05, 0) is 0 Å². The fourth-order valence-corrected chi connectivity index (χ4v) is 2.35. The summed E-state index contributed by atoms with van der Waals surface area (Å²) in [7, 11) is -1.27. The molecule has 0 unspecified atom stereocenters. The molecule has 0 aliphatic rings. The van der Waals surface area contributed by atoms with Crippen molar-refractivity contribution in [3.05, 3.63) is 23.6 Å². The predicted octanol–water partition coefficient (Wildman–Crippen LogP) is 2.62. The number of thiazole rings is 1. The fraction of sp³-hybridized carbons (Fsp3) is 0.300. The van der Waals surface area contributed by atoms with Gasteiger partial charge >= 0.3 is 0 Å². The van der Waals surface area contributed by atoms with Crippen LogP contribution in [0, 0.1) is 11.5 Å². The lowest BCUT2D eigenvalue weighted by atomic mass is 10.5. The molecule has 0 fully saturated rings. The molecule has 0 aliphatic carbocycles. The minimum atomic E-state index is -1.27. The van der Waals surface area contributed by atoms with Gasteiger partial charge in [0.15, 0.2) is 0 Å². The van der Waals surface area contributed by atoms with Crippen LogP contribution in [0.3, 0.4) is 0 Å². The molecule has 2 nitrogen and oxygen atoms in total. The smallest absolute Gasteiger partial charge is 0.129 e. The molecule has 0 bridgehead atoms. The zero-order chi connectivity index (χ0) is 10.2. The summed E-state index contributed by atoms with van der Waals surface area (Å²) < 4.78 is 2.04. The largest absolute Gasteiger partial charge is 0.282 e. The second kappa shape index (κ2) is 3.26.